The number of carbonyl (C=O) groups excluding carboxylic acids is 1. The number of hydrogen-bond acceptors (Lipinski definition) is 5. The molecular weight excluding hydrogens is 340 g/mol. The lowest BCUT2D eigenvalue weighted by Gasteiger charge is -2.21. The van der Waals surface area contributed by atoms with Gasteiger partial charge in [-0.25, -0.2) is 18.4 Å². The number of nitrogens with two attached hydrogens (primary N) is 1. The van der Waals surface area contributed by atoms with Crippen LogP contribution in [0.2, 0.25) is 0 Å². The maximum atomic E-state index is 12.1. The fraction of sp³-hybridized carbons (Fsp3) is 0.278. The van der Waals surface area contributed by atoms with Crippen LogP contribution < -0.4 is 10.5 Å². The third-order valence-electron chi connectivity index (χ3n) is 4.21. The number of methoxy groups -OCH3 is 1. The minimum atomic E-state index is -3.91. The second-order valence-electron chi connectivity index (χ2n) is 5.90. The summed E-state index contributed by atoms with van der Waals surface area (Å²) in [5.74, 6) is -0.638. The average Bonchev–Trinajstić information content (AvgIpc) is 2.55. The smallest absolute Gasteiger partial charge is 0.340 e. The molecule has 0 bridgehead atoms. The van der Waals surface area contributed by atoms with Crippen molar-refractivity contribution in [3.05, 3.63) is 58.7 Å². The Bertz CT molecular complexity index is 907. The molecule has 0 aliphatic carbocycles. The number of ether oxygens (including phenoxy) is 1. The molecule has 0 aliphatic heterocycles. The monoisotopic (exact) mass is 362 g/mol. The third-order valence-corrected chi connectivity index (χ3v) is 5.12. The summed E-state index contributed by atoms with van der Waals surface area (Å²) < 4.78 is 27.8. The van der Waals surface area contributed by atoms with Crippen LogP contribution in [-0.2, 0) is 14.8 Å². The van der Waals surface area contributed by atoms with Crippen molar-refractivity contribution in [2.75, 3.05) is 12.4 Å². The SMILES string of the molecule is COC(=O)c1cc(S(N)(=O)=O)ccc1NC(C)c1cccc(C)c1C. The highest BCUT2D eigenvalue weighted by molar-refractivity contribution is 7.89. The summed E-state index contributed by atoms with van der Waals surface area (Å²) in [5, 5.41) is 8.40. The van der Waals surface area contributed by atoms with Crippen LogP contribution in [0.4, 0.5) is 5.69 Å². The third kappa shape index (κ3) is 4.18. The fourth-order valence-electron chi connectivity index (χ4n) is 2.66. The maximum Gasteiger partial charge on any atom is 0.340 e. The van der Waals surface area contributed by atoms with E-state index in [9.17, 15) is 13.2 Å². The zero-order chi connectivity index (χ0) is 18.8. The molecule has 0 fully saturated rings. The molecule has 1 atom stereocenters. The number of hydrogen-bond donors (Lipinski definition) is 2. The molecule has 2 aromatic carbocycles. The molecule has 0 saturated carbocycles. The number of aryl methyl sites for hydroxylation is 1. The second-order valence-corrected chi connectivity index (χ2v) is 7.46. The van der Waals surface area contributed by atoms with Crippen molar-refractivity contribution in [3.8, 4) is 0 Å². The molecule has 0 aliphatic rings. The molecule has 1 unspecified atom stereocenters. The molecule has 2 rings (SSSR count). The van der Waals surface area contributed by atoms with Gasteiger partial charge in [0, 0.05) is 11.7 Å². The first-order valence-electron chi connectivity index (χ1n) is 7.73. The molecule has 3 N–H and O–H groups in total. The van der Waals surface area contributed by atoms with Crippen LogP contribution in [0, 0.1) is 13.8 Å². The first-order valence-corrected chi connectivity index (χ1v) is 9.27. The highest BCUT2D eigenvalue weighted by atomic mass is 32.2. The largest absolute Gasteiger partial charge is 0.465 e. The normalized spacial score (nSPS) is 12.5. The molecule has 0 heterocycles. The first kappa shape index (κ1) is 19.0. The number of anilines is 1. The predicted octanol–water partition coefficient (Wildman–Crippen LogP) is 2.91. The van der Waals surface area contributed by atoms with Crippen molar-refractivity contribution >= 4 is 21.7 Å². The highest BCUT2D eigenvalue weighted by Gasteiger charge is 2.19. The number of primary sulfonamides is 1. The van der Waals surface area contributed by atoms with E-state index in [0.29, 0.717) is 5.69 Å². The lowest BCUT2D eigenvalue weighted by molar-refractivity contribution is 0.0601. The van der Waals surface area contributed by atoms with Gasteiger partial charge in [0.25, 0.3) is 0 Å². The van der Waals surface area contributed by atoms with Gasteiger partial charge in [-0.1, -0.05) is 18.2 Å². The van der Waals surface area contributed by atoms with Gasteiger partial charge in [0.2, 0.25) is 10.0 Å². The summed E-state index contributed by atoms with van der Waals surface area (Å²) in [5.41, 5.74) is 4.01. The number of esters is 1. The van der Waals surface area contributed by atoms with Crippen LogP contribution in [0.5, 0.6) is 0 Å². The van der Waals surface area contributed by atoms with Crippen LogP contribution in [-0.4, -0.2) is 21.5 Å². The minimum absolute atomic E-state index is 0.0939. The van der Waals surface area contributed by atoms with Crippen molar-refractivity contribution in [3.63, 3.8) is 0 Å². The molecule has 0 radical (unpaired) electrons. The number of rotatable bonds is 5. The molecular formula is C18H22N2O4S. The van der Waals surface area contributed by atoms with Gasteiger partial charge in [0.05, 0.1) is 17.6 Å². The van der Waals surface area contributed by atoms with Gasteiger partial charge >= 0.3 is 5.97 Å². The van der Waals surface area contributed by atoms with E-state index in [1.807, 2.05) is 39.0 Å². The van der Waals surface area contributed by atoms with E-state index < -0.39 is 16.0 Å². The molecule has 2 aromatic rings. The van der Waals surface area contributed by atoms with Crippen molar-refractivity contribution in [1.82, 2.24) is 0 Å². The van der Waals surface area contributed by atoms with E-state index in [1.165, 1.54) is 30.9 Å². The average molecular weight is 362 g/mol. The fourth-order valence-corrected chi connectivity index (χ4v) is 3.20. The molecule has 7 heteroatoms. The van der Waals surface area contributed by atoms with E-state index in [-0.39, 0.29) is 16.5 Å². The molecule has 0 aromatic heterocycles. The van der Waals surface area contributed by atoms with Crippen LogP contribution >= 0.6 is 0 Å². The van der Waals surface area contributed by atoms with Crippen LogP contribution in [0.3, 0.4) is 0 Å². The lowest BCUT2D eigenvalue weighted by atomic mass is 9.98. The van der Waals surface area contributed by atoms with Crippen molar-refractivity contribution in [2.24, 2.45) is 5.14 Å². The minimum Gasteiger partial charge on any atom is -0.465 e. The van der Waals surface area contributed by atoms with E-state index in [2.05, 4.69) is 5.32 Å². The lowest BCUT2D eigenvalue weighted by Crippen LogP contribution is -2.16. The standard InChI is InChI=1S/C18H22N2O4S/c1-11-6-5-7-15(12(11)2)13(3)20-17-9-8-14(25(19,22)23)10-16(17)18(21)24-4/h5-10,13,20H,1-4H3,(H2,19,22,23). The Kier molecular flexibility index (Phi) is 5.49. The highest BCUT2D eigenvalue weighted by Crippen LogP contribution is 2.27. The quantitative estimate of drug-likeness (QED) is 0.797. The van der Waals surface area contributed by atoms with E-state index in [1.54, 1.807) is 0 Å². The predicted molar refractivity (Wildman–Crippen MR) is 97.1 cm³/mol. The van der Waals surface area contributed by atoms with Crippen molar-refractivity contribution in [1.29, 1.82) is 0 Å². The zero-order valence-corrected chi connectivity index (χ0v) is 15.5. The summed E-state index contributed by atoms with van der Waals surface area (Å²) in [7, 11) is -2.67. The molecule has 0 amide bonds. The van der Waals surface area contributed by atoms with E-state index >= 15 is 0 Å². The van der Waals surface area contributed by atoms with Gasteiger partial charge in [-0.2, -0.15) is 0 Å². The number of nitrogens with one attached hydrogen (secondary N) is 1. The maximum absolute atomic E-state index is 12.1. The number of benzene rings is 2. The van der Waals surface area contributed by atoms with E-state index in [4.69, 9.17) is 9.88 Å². The van der Waals surface area contributed by atoms with Gasteiger partial charge in [0.15, 0.2) is 0 Å². The Balaban J connectivity index is 2.44. The zero-order valence-electron chi connectivity index (χ0n) is 14.7. The van der Waals surface area contributed by atoms with Crippen molar-refractivity contribution in [2.45, 2.75) is 31.7 Å². The summed E-state index contributed by atoms with van der Waals surface area (Å²) >= 11 is 0. The Morgan fingerprint density at radius 1 is 1.20 bits per heavy atom. The van der Waals surface area contributed by atoms with Gasteiger partial charge in [-0.3, -0.25) is 0 Å². The number of sulfonamides is 1. The molecule has 134 valence electrons. The summed E-state index contributed by atoms with van der Waals surface area (Å²) in [6, 6.07) is 10.0. The summed E-state index contributed by atoms with van der Waals surface area (Å²) in [4.78, 5) is 11.9. The van der Waals surface area contributed by atoms with Gasteiger partial charge in [-0.05, 0) is 55.7 Å². The Morgan fingerprint density at radius 3 is 2.48 bits per heavy atom. The van der Waals surface area contributed by atoms with Gasteiger partial charge in [-0.15, -0.1) is 0 Å². The summed E-state index contributed by atoms with van der Waals surface area (Å²) in [6.45, 7) is 6.04. The second kappa shape index (κ2) is 7.25. The molecule has 0 saturated heterocycles. The Morgan fingerprint density at radius 2 is 1.88 bits per heavy atom. The van der Waals surface area contributed by atoms with Crippen molar-refractivity contribution < 1.29 is 17.9 Å². The Hall–Kier alpha value is -2.38. The molecule has 0 spiro atoms. The molecule has 25 heavy (non-hydrogen) atoms. The summed E-state index contributed by atoms with van der Waals surface area (Å²) in [6.07, 6.45) is 0. The van der Waals surface area contributed by atoms with Gasteiger partial charge in [0.1, 0.15) is 0 Å². The van der Waals surface area contributed by atoms with Gasteiger partial charge < -0.3 is 10.1 Å². The van der Waals surface area contributed by atoms with Crippen LogP contribution in [0.25, 0.3) is 0 Å². The number of carbonyl (C=O) groups is 1. The van der Waals surface area contributed by atoms with Crippen LogP contribution in [0.15, 0.2) is 41.3 Å². The van der Waals surface area contributed by atoms with Crippen LogP contribution in [0.1, 0.15) is 40.0 Å². The topological polar surface area (TPSA) is 98.5 Å². The molecule has 6 nitrogen and oxygen atoms in total. The Labute approximate surface area is 148 Å². The first-order chi connectivity index (χ1) is 11.6. The van der Waals surface area contributed by atoms with E-state index in [0.717, 1.165) is 11.1 Å².